The predicted octanol–water partition coefficient (Wildman–Crippen LogP) is 1.46. The van der Waals surface area contributed by atoms with Crippen LogP contribution in [0.5, 0.6) is 0 Å². The van der Waals surface area contributed by atoms with Gasteiger partial charge in [0.1, 0.15) is 0 Å². The zero-order valence-corrected chi connectivity index (χ0v) is 15.5. The normalized spacial score (nSPS) is 15.8. The van der Waals surface area contributed by atoms with Gasteiger partial charge in [0.15, 0.2) is 0 Å². The molecule has 1 aliphatic heterocycles. The van der Waals surface area contributed by atoms with Crippen LogP contribution in [-0.2, 0) is 16.1 Å². The molecule has 0 saturated carbocycles. The first-order chi connectivity index (χ1) is 12.1. The number of carbonyl (C=O) groups is 2. The Kier molecular flexibility index (Phi) is 7.40. The number of methoxy groups -OCH3 is 1. The second-order valence-electron chi connectivity index (χ2n) is 6.31. The van der Waals surface area contributed by atoms with Crippen LogP contribution in [0.4, 0.5) is 0 Å². The van der Waals surface area contributed by atoms with Gasteiger partial charge in [-0.3, -0.25) is 14.6 Å². The zero-order valence-electron chi connectivity index (χ0n) is 15.5. The summed E-state index contributed by atoms with van der Waals surface area (Å²) < 4.78 is 4.77. The van der Waals surface area contributed by atoms with Gasteiger partial charge in [-0.05, 0) is 31.5 Å². The molecule has 6 nitrogen and oxygen atoms in total. The number of nitrogens with zero attached hydrogens (tertiary/aromatic N) is 3. The number of likely N-dealkylation sites (N-methyl/N-ethyl adjacent to an activating group) is 1. The fraction of sp³-hybridized carbons (Fsp3) is 0.579. The van der Waals surface area contributed by atoms with Gasteiger partial charge < -0.3 is 9.64 Å². The number of rotatable bonds is 7. The van der Waals surface area contributed by atoms with Crippen LogP contribution in [0.25, 0.3) is 0 Å². The van der Waals surface area contributed by atoms with Crippen molar-refractivity contribution >= 4 is 11.9 Å². The topological polar surface area (TPSA) is 53.1 Å². The maximum atomic E-state index is 12.2. The van der Waals surface area contributed by atoms with Crippen molar-refractivity contribution in [3.8, 4) is 0 Å². The lowest BCUT2D eigenvalue weighted by atomic mass is 10.1. The van der Waals surface area contributed by atoms with Crippen molar-refractivity contribution in [3.05, 3.63) is 35.4 Å². The first-order valence-electron chi connectivity index (χ1n) is 8.97. The van der Waals surface area contributed by atoms with Gasteiger partial charge in [0.2, 0.25) is 5.91 Å². The summed E-state index contributed by atoms with van der Waals surface area (Å²) in [4.78, 5) is 30.3. The van der Waals surface area contributed by atoms with E-state index in [9.17, 15) is 9.59 Å². The van der Waals surface area contributed by atoms with Crippen LogP contribution in [0.1, 0.15) is 29.8 Å². The molecule has 1 saturated heterocycles. The van der Waals surface area contributed by atoms with Crippen LogP contribution in [0.15, 0.2) is 24.3 Å². The Morgan fingerprint density at radius 3 is 2.32 bits per heavy atom. The number of ether oxygens (including phenoxy) is 1. The van der Waals surface area contributed by atoms with Gasteiger partial charge in [-0.25, -0.2) is 4.79 Å². The Hall–Kier alpha value is -1.92. The van der Waals surface area contributed by atoms with E-state index in [0.29, 0.717) is 12.1 Å². The molecule has 1 aromatic carbocycles. The van der Waals surface area contributed by atoms with Crippen LogP contribution in [-0.4, -0.2) is 79.5 Å². The van der Waals surface area contributed by atoms with E-state index in [1.54, 1.807) is 6.07 Å². The van der Waals surface area contributed by atoms with E-state index in [0.717, 1.165) is 51.4 Å². The molecule has 138 valence electrons. The third-order valence-corrected chi connectivity index (χ3v) is 4.69. The van der Waals surface area contributed by atoms with Crippen LogP contribution >= 0.6 is 0 Å². The van der Waals surface area contributed by atoms with E-state index in [-0.39, 0.29) is 11.9 Å². The molecule has 0 unspecified atom stereocenters. The summed E-state index contributed by atoms with van der Waals surface area (Å²) in [6.07, 6.45) is 0. The van der Waals surface area contributed by atoms with Crippen molar-refractivity contribution < 1.29 is 14.3 Å². The molecule has 0 radical (unpaired) electrons. The van der Waals surface area contributed by atoms with Gasteiger partial charge >= 0.3 is 5.97 Å². The van der Waals surface area contributed by atoms with Gasteiger partial charge in [0.05, 0.1) is 19.2 Å². The molecule has 0 N–H and O–H groups in total. The molecule has 1 aromatic rings. The van der Waals surface area contributed by atoms with Crippen molar-refractivity contribution in [2.45, 2.75) is 20.4 Å². The second-order valence-corrected chi connectivity index (χ2v) is 6.31. The van der Waals surface area contributed by atoms with Crippen molar-refractivity contribution in [2.75, 3.05) is 52.9 Å². The molecule has 2 rings (SSSR count). The number of amides is 1. The monoisotopic (exact) mass is 347 g/mol. The van der Waals surface area contributed by atoms with E-state index in [4.69, 9.17) is 4.74 Å². The summed E-state index contributed by atoms with van der Waals surface area (Å²) in [6.45, 7) is 10.5. The zero-order chi connectivity index (χ0) is 18.2. The number of esters is 1. The standard InChI is InChI=1S/C19H29N3O3/c1-4-22(5-2)18(23)15-21-11-9-20(10-12-21)14-16-7-6-8-17(13-16)19(24)25-3/h6-8,13H,4-5,9-12,14-15H2,1-3H3. The molecular formula is C19H29N3O3. The van der Waals surface area contributed by atoms with E-state index in [1.165, 1.54) is 7.11 Å². The second kappa shape index (κ2) is 9.53. The molecular weight excluding hydrogens is 318 g/mol. The Balaban J connectivity index is 1.82. The van der Waals surface area contributed by atoms with E-state index in [1.807, 2.05) is 36.9 Å². The molecule has 25 heavy (non-hydrogen) atoms. The first kappa shape index (κ1) is 19.4. The minimum Gasteiger partial charge on any atom is -0.465 e. The Bertz CT molecular complexity index is 579. The molecule has 6 heteroatoms. The average Bonchev–Trinajstić information content (AvgIpc) is 2.64. The third kappa shape index (κ3) is 5.54. The summed E-state index contributed by atoms with van der Waals surface area (Å²) in [6, 6.07) is 7.58. The lowest BCUT2D eigenvalue weighted by molar-refractivity contribution is -0.132. The number of hydrogen-bond donors (Lipinski definition) is 0. The van der Waals surface area contributed by atoms with E-state index in [2.05, 4.69) is 9.80 Å². The lowest BCUT2D eigenvalue weighted by Gasteiger charge is -2.35. The fourth-order valence-electron chi connectivity index (χ4n) is 3.15. The summed E-state index contributed by atoms with van der Waals surface area (Å²) in [5, 5.41) is 0. The summed E-state index contributed by atoms with van der Waals surface area (Å²) in [5.41, 5.74) is 1.69. The van der Waals surface area contributed by atoms with Gasteiger partial charge in [0, 0.05) is 45.8 Å². The van der Waals surface area contributed by atoms with Crippen molar-refractivity contribution in [2.24, 2.45) is 0 Å². The van der Waals surface area contributed by atoms with Gasteiger partial charge in [-0.15, -0.1) is 0 Å². The molecule has 1 aliphatic rings. The molecule has 0 spiro atoms. The van der Waals surface area contributed by atoms with E-state index < -0.39 is 0 Å². The summed E-state index contributed by atoms with van der Waals surface area (Å²) >= 11 is 0. The lowest BCUT2D eigenvalue weighted by Crippen LogP contribution is -2.49. The van der Waals surface area contributed by atoms with Crippen molar-refractivity contribution in [1.82, 2.24) is 14.7 Å². The van der Waals surface area contributed by atoms with Crippen LogP contribution in [0.2, 0.25) is 0 Å². The molecule has 1 heterocycles. The molecule has 0 atom stereocenters. The smallest absolute Gasteiger partial charge is 0.337 e. The highest BCUT2D eigenvalue weighted by Gasteiger charge is 2.21. The molecule has 0 bridgehead atoms. The van der Waals surface area contributed by atoms with Crippen LogP contribution < -0.4 is 0 Å². The Labute approximate surface area is 150 Å². The molecule has 0 aromatic heterocycles. The number of carbonyl (C=O) groups excluding carboxylic acids is 2. The minimum atomic E-state index is -0.304. The van der Waals surface area contributed by atoms with Crippen LogP contribution in [0.3, 0.4) is 0 Å². The highest BCUT2D eigenvalue weighted by atomic mass is 16.5. The first-order valence-corrected chi connectivity index (χ1v) is 8.97. The van der Waals surface area contributed by atoms with Gasteiger partial charge in [0.25, 0.3) is 0 Å². The number of piperazine rings is 1. The van der Waals surface area contributed by atoms with Crippen molar-refractivity contribution in [3.63, 3.8) is 0 Å². The highest BCUT2D eigenvalue weighted by Crippen LogP contribution is 2.12. The van der Waals surface area contributed by atoms with Crippen LogP contribution in [0, 0.1) is 0 Å². The largest absolute Gasteiger partial charge is 0.465 e. The number of hydrogen-bond acceptors (Lipinski definition) is 5. The Morgan fingerprint density at radius 1 is 1.08 bits per heavy atom. The summed E-state index contributed by atoms with van der Waals surface area (Å²) in [5.74, 6) is -0.0918. The van der Waals surface area contributed by atoms with Crippen molar-refractivity contribution in [1.29, 1.82) is 0 Å². The quantitative estimate of drug-likeness (QED) is 0.699. The summed E-state index contributed by atoms with van der Waals surface area (Å²) in [7, 11) is 1.40. The molecule has 1 amide bonds. The third-order valence-electron chi connectivity index (χ3n) is 4.69. The molecule has 1 fully saturated rings. The molecule has 0 aliphatic carbocycles. The van der Waals surface area contributed by atoms with Gasteiger partial charge in [-0.2, -0.15) is 0 Å². The fourth-order valence-corrected chi connectivity index (χ4v) is 3.15. The SMILES string of the molecule is CCN(CC)C(=O)CN1CCN(Cc2cccc(C(=O)OC)c2)CC1. The Morgan fingerprint density at radius 2 is 1.72 bits per heavy atom. The van der Waals surface area contributed by atoms with Gasteiger partial charge in [-0.1, -0.05) is 12.1 Å². The highest BCUT2D eigenvalue weighted by molar-refractivity contribution is 5.89. The van der Waals surface area contributed by atoms with E-state index >= 15 is 0 Å². The number of benzene rings is 1. The minimum absolute atomic E-state index is 0.212. The predicted molar refractivity (Wildman–Crippen MR) is 97.4 cm³/mol. The maximum absolute atomic E-state index is 12.2. The average molecular weight is 347 g/mol. The maximum Gasteiger partial charge on any atom is 0.337 e.